The van der Waals surface area contributed by atoms with Crippen LogP contribution in [0, 0.1) is 10.1 Å². The first-order valence-corrected chi connectivity index (χ1v) is 8.43. The number of nitrogens with one attached hydrogen (secondary N) is 2. The van der Waals surface area contributed by atoms with E-state index in [9.17, 15) is 19.7 Å². The second-order valence-electron chi connectivity index (χ2n) is 5.52. The molecule has 0 aliphatic heterocycles. The lowest BCUT2D eigenvalue weighted by molar-refractivity contribution is -0.384. The smallest absolute Gasteiger partial charge is 0.270 e. The van der Waals surface area contributed by atoms with Gasteiger partial charge >= 0.3 is 0 Å². The molecule has 9 heteroatoms. The predicted molar refractivity (Wildman–Crippen MR) is 101 cm³/mol. The summed E-state index contributed by atoms with van der Waals surface area (Å²) < 4.78 is 4.93. The van der Waals surface area contributed by atoms with Gasteiger partial charge in [0.1, 0.15) is 0 Å². The molecule has 2 aromatic carbocycles. The highest BCUT2D eigenvalue weighted by Crippen LogP contribution is 2.24. The maximum absolute atomic E-state index is 12.5. The molecule has 0 fully saturated rings. The van der Waals surface area contributed by atoms with E-state index in [0.29, 0.717) is 30.8 Å². The number of methoxy groups -OCH3 is 1. The summed E-state index contributed by atoms with van der Waals surface area (Å²) in [6.45, 7) is 0.959. The third-order valence-electron chi connectivity index (χ3n) is 3.64. The zero-order chi connectivity index (χ0) is 19.8. The summed E-state index contributed by atoms with van der Waals surface area (Å²) in [6.07, 6.45) is 0.662. The SMILES string of the molecule is COCCCNC(=O)c1ccccc1NC(=O)c1ccc([N+](=O)[O-])cc1Cl. The number of halogens is 1. The third kappa shape index (κ3) is 5.50. The van der Waals surface area contributed by atoms with Crippen LogP contribution in [0.3, 0.4) is 0 Å². The number of para-hydroxylation sites is 1. The molecule has 0 aromatic heterocycles. The molecule has 27 heavy (non-hydrogen) atoms. The van der Waals surface area contributed by atoms with Gasteiger partial charge in [0, 0.05) is 32.4 Å². The van der Waals surface area contributed by atoms with Gasteiger partial charge in [-0.3, -0.25) is 19.7 Å². The zero-order valence-corrected chi connectivity index (χ0v) is 15.3. The number of nitro benzene ring substituents is 1. The highest BCUT2D eigenvalue weighted by Gasteiger charge is 2.17. The van der Waals surface area contributed by atoms with Crippen molar-refractivity contribution in [3.8, 4) is 0 Å². The van der Waals surface area contributed by atoms with Crippen molar-refractivity contribution in [2.75, 3.05) is 25.6 Å². The number of hydrogen-bond donors (Lipinski definition) is 2. The van der Waals surface area contributed by atoms with E-state index in [1.54, 1.807) is 31.4 Å². The number of nitrogens with zero attached hydrogens (tertiary/aromatic N) is 1. The van der Waals surface area contributed by atoms with Gasteiger partial charge in [0.15, 0.2) is 0 Å². The molecule has 0 aliphatic carbocycles. The van der Waals surface area contributed by atoms with Crippen LogP contribution < -0.4 is 10.6 Å². The van der Waals surface area contributed by atoms with Crippen molar-refractivity contribution in [3.05, 3.63) is 68.7 Å². The number of anilines is 1. The van der Waals surface area contributed by atoms with Crippen LogP contribution in [-0.4, -0.2) is 37.0 Å². The topological polar surface area (TPSA) is 111 Å². The Balaban J connectivity index is 2.14. The average molecular weight is 392 g/mol. The van der Waals surface area contributed by atoms with Gasteiger partial charge in [0.05, 0.1) is 26.8 Å². The first-order valence-electron chi connectivity index (χ1n) is 8.05. The largest absolute Gasteiger partial charge is 0.385 e. The van der Waals surface area contributed by atoms with E-state index in [1.165, 1.54) is 12.1 Å². The van der Waals surface area contributed by atoms with Crippen molar-refractivity contribution in [2.45, 2.75) is 6.42 Å². The fourth-order valence-electron chi connectivity index (χ4n) is 2.30. The highest BCUT2D eigenvalue weighted by atomic mass is 35.5. The molecule has 142 valence electrons. The molecule has 0 atom stereocenters. The van der Waals surface area contributed by atoms with Gasteiger partial charge in [-0.1, -0.05) is 23.7 Å². The van der Waals surface area contributed by atoms with E-state index in [-0.39, 0.29) is 22.2 Å². The molecule has 0 saturated heterocycles. The van der Waals surface area contributed by atoms with Crippen LogP contribution >= 0.6 is 11.6 Å². The molecular weight excluding hydrogens is 374 g/mol. The summed E-state index contributed by atoms with van der Waals surface area (Å²) in [5.74, 6) is -0.911. The summed E-state index contributed by atoms with van der Waals surface area (Å²) in [4.78, 5) is 35.0. The normalized spacial score (nSPS) is 10.3. The number of rotatable bonds is 8. The monoisotopic (exact) mass is 391 g/mol. The molecule has 0 unspecified atom stereocenters. The number of carbonyl (C=O) groups excluding carboxylic acids is 2. The molecule has 0 radical (unpaired) electrons. The van der Waals surface area contributed by atoms with E-state index in [4.69, 9.17) is 16.3 Å². The lowest BCUT2D eigenvalue weighted by Gasteiger charge is -2.12. The van der Waals surface area contributed by atoms with Crippen molar-refractivity contribution in [1.82, 2.24) is 5.32 Å². The van der Waals surface area contributed by atoms with Gasteiger partial charge in [-0.05, 0) is 24.6 Å². The highest BCUT2D eigenvalue weighted by molar-refractivity contribution is 6.34. The molecule has 2 rings (SSSR count). The number of non-ortho nitro benzene ring substituents is 1. The van der Waals surface area contributed by atoms with Crippen molar-refractivity contribution < 1.29 is 19.2 Å². The van der Waals surface area contributed by atoms with Crippen LogP contribution in [0.15, 0.2) is 42.5 Å². The minimum atomic E-state index is -0.600. The molecule has 8 nitrogen and oxygen atoms in total. The van der Waals surface area contributed by atoms with E-state index >= 15 is 0 Å². The minimum Gasteiger partial charge on any atom is -0.385 e. The van der Waals surface area contributed by atoms with Gasteiger partial charge in [-0.15, -0.1) is 0 Å². The van der Waals surface area contributed by atoms with Crippen molar-refractivity contribution >= 4 is 34.8 Å². The number of ether oxygens (including phenoxy) is 1. The van der Waals surface area contributed by atoms with Gasteiger partial charge in [-0.2, -0.15) is 0 Å². The number of carbonyl (C=O) groups is 2. The Kier molecular flexibility index (Phi) is 7.27. The van der Waals surface area contributed by atoms with E-state index in [2.05, 4.69) is 10.6 Å². The van der Waals surface area contributed by atoms with Crippen LogP contribution in [0.2, 0.25) is 5.02 Å². The molecule has 0 saturated carbocycles. The maximum Gasteiger partial charge on any atom is 0.270 e. The first kappa shape index (κ1) is 20.3. The summed E-state index contributed by atoms with van der Waals surface area (Å²) in [5, 5.41) is 16.1. The van der Waals surface area contributed by atoms with Crippen LogP contribution in [0.25, 0.3) is 0 Å². The molecule has 0 bridgehead atoms. The number of amides is 2. The molecule has 0 spiro atoms. The molecule has 0 heterocycles. The second kappa shape index (κ2) is 9.65. The van der Waals surface area contributed by atoms with Crippen molar-refractivity contribution in [1.29, 1.82) is 0 Å². The fraction of sp³-hybridized carbons (Fsp3) is 0.222. The number of nitro groups is 1. The van der Waals surface area contributed by atoms with Crippen molar-refractivity contribution in [2.24, 2.45) is 0 Å². The van der Waals surface area contributed by atoms with Gasteiger partial charge in [-0.25, -0.2) is 0 Å². The first-order chi connectivity index (χ1) is 12.9. The lowest BCUT2D eigenvalue weighted by Crippen LogP contribution is -2.26. The second-order valence-corrected chi connectivity index (χ2v) is 5.93. The minimum absolute atomic E-state index is 0.0526. The third-order valence-corrected chi connectivity index (χ3v) is 3.95. The number of hydrogen-bond acceptors (Lipinski definition) is 5. The Morgan fingerprint density at radius 1 is 1.15 bits per heavy atom. The summed E-state index contributed by atoms with van der Waals surface area (Å²) >= 11 is 5.98. The summed E-state index contributed by atoms with van der Waals surface area (Å²) in [5.41, 5.74) is 0.451. The van der Waals surface area contributed by atoms with Gasteiger partial charge in [0.2, 0.25) is 0 Å². The van der Waals surface area contributed by atoms with Gasteiger partial charge in [0.25, 0.3) is 17.5 Å². The quantitative estimate of drug-likeness (QED) is 0.407. The van der Waals surface area contributed by atoms with Gasteiger partial charge < -0.3 is 15.4 Å². The lowest BCUT2D eigenvalue weighted by atomic mass is 10.1. The molecule has 2 N–H and O–H groups in total. The van der Waals surface area contributed by atoms with E-state index < -0.39 is 10.8 Å². The van der Waals surface area contributed by atoms with E-state index in [1.807, 2.05) is 0 Å². The van der Waals surface area contributed by atoms with Crippen LogP contribution in [0.4, 0.5) is 11.4 Å². The standard InChI is InChI=1S/C18H18ClN3O5/c1-27-10-4-9-20-17(23)14-5-2-3-6-16(14)21-18(24)13-8-7-12(22(25)26)11-15(13)19/h2-3,5-8,11H,4,9-10H2,1H3,(H,20,23)(H,21,24). The Hall–Kier alpha value is -2.97. The molecule has 0 aliphatic rings. The predicted octanol–water partition coefficient (Wildman–Crippen LogP) is 3.27. The van der Waals surface area contributed by atoms with Crippen molar-refractivity contribution in [3.63, 3.8) is 0 Å². The summed E-state index contributed by atoms with van der Waals surface area (Å²) in [7, 11) is 1.58. The molecule has 2 aromatic rings. The Bertz CT molecular complexity index is 857. The molecule has 2 amide bonds. The van der Waals surface area contributed by atoms with Crippen LogP contribution in [0.1, 0.15) is 27.1 Å². The maximum atomic E-state index is 12.5. The Labute approximate surface area is 160 Å². The zero-order valence-electron chi connectivity index (χ0n) is 14.5. The summed E-state index contributed by atoms with van der Waals surface area (Å²) in [6, 6.07) is 10.1. The Morgan fingerprint density at radius 3 is 2.56 bits per heavy atom. The van der Waals surface area contributed by atoms with Crippen LogP contribution in [-0.2, 0) is 4.74 Å². The molecular formula is C18H18ClN3O5. The number of benzene rings is 2. The van der Waals surface area contributed by atoms with E-state index in [0.717, 1.165) is 6.07 Å². The average Bonchev–Trinajstić information content (AvgIpc) is 2.65. The van der Waals surface area contributed by atoms with Crippen LogP contribution in [0.5, 0.6) is 0 Å². The Morgan fingerprint density at radius 2 is 1.89 bits per heavy atom. The fourth-order valence-corrected chi connectivity index (χ4v) is 2.56.